The number of fused-ring (bicyclic) bond motifs is 4. The minimum atomic E-state index is -0.512. The molecule has 0 radical (unpaired) electrons. The van der Waals surface area contributed by atoms with Crippen LogP contribution >= 0.6 is 0 Å². The number of benzene rings is 4. The standard InChI is InChI=1S/2C18H21FN2O2.2C18H22N2O2/c2*1-10-5-6-15(16(22)20-10)21-9-11-7-13(18(2,3)4)14(19)8-12(11)17(21)23;2*1-11-5-8-15(16(21)19-11)20-10-12-9-13(18(2,3)4)6-7-14(12)17(20)22/h2*7-8,15H,1,5-6,9H2,2-4H3,(H,20,22);2*6-7,9,15H,1,5,8,10H2,2-4H3,(H,19,21)/t15-;;15-;/m0.0./s1. The highest BCUT2D eigenvalue weighted by Gasteiger charge is 2.43. The van der Waals surface area contributed by atoms with Crippen LogP contribution in [0.5, 0.6) is 0 Å². The van der Waals surface area contributed by atoms with Crippen molar-refractivity contribution in [2.24, 2.45) is 0 Å². The van der Waals surface area contributed by atoms with Crippen molar-refractivity contribution in [3.8, 4) is 0 Å². The van der Waals surface area contributed by atoms with Crippen molar-refractivity contribution in [2.45, 2.75) is 206 Å². The quantitative estimate of drug-likeness (QED) is 0.155. The van der Waals surface area contributed by atoms with Crippen molar-refractivity contribution in [3.63, 3.8) is 0 Å². The van der Waals surface area contributed by atoms with Gasteiger partial charge in [0.25, 0.3) is 23.6 Å². The van der Waals surface area contributed by atoms with E-state index in [9.17, 15) is 47.1 Å². The van der Waals surface area contributed by atoms with Crippen LogP contribution in [0.3, 0.4) is 0 Å². The number of hydrogen-bond acceptors (Lipinski definition) is 8. The van der Waals surface area contributed by atoms with Crippen molar-refractivity contribution in [3.05, 3.63) is 188 Å². The topological polar surface area (TPSA) is 198 Å². The smallest absolute Gasteiger partial charge is 0.255 e. The van der Waals surface area contributed by atoms with Gasteiger partial charge in [0.15, 0.2) is 0 Å². The molecule has 8 amide bonds. The van der Waals surface area contributed by atoms with E-state index in [0.29, 0.717) is 98.4 Å². The first-order valence-electron chi connectivity index (χ1n) is 31.0. The number of allylic oxidation sites excluding steroid dienone is 4. The second-order valence-corrected chi connectivity index (χ2v) is 29.0. The van der Waals surface area contributed by atoms with Gasteiger partial charge in [-0.15, -0.1) is 0 Å². The van der Waals surface area contributed by atoms with Crippen molar-refractivity contribution in [1.82, 2.24) is 40.9 Å². The molecule has 4 N–H and O–H groups in total. The number of piperidine rings is 4. The molecular weight excluding hydrogens is 1140 g/mol. The molecular formula is C72H86F2N8O8. The Bertz CT molecular complexity index is 3500. The third-order valence-electron chi connectivity index (χ3n) is 18.1. The molecule has 4 aromatic rings. The molecule has 90 heavy (non-hydrogen) atoms. The molecule has 4 fully saturated rings. The maximum atomic E-state index is 14.3. The molecule has 0 aromatic heterocycles. The molecule has 2 unspecified atom stereocenters. The van der Waals surface area contributed by atoms with Gasteiger partial charge in [-0.25, -0.2) is 8.78 Å². The van der Waals surface area contributed by atoms with Gasteiger partial charge in [-0.3, -0.25) is 38.4 Å². The van der Waals surface area contributed by atoms with E-state index in [1.807, 2.05) is 65.8 Å². The Hall–Kier alpha value is -8.54. The highest BCUT2D eigenvalue weighted by Crippen LogP contribution is 2.38. The van der Waals surface area contributed by atoms with Gasteiger partial charge in [0.2, 0.25) is 23.6 Å². The average molecular weight is 1230 g/mol. The first-order chi connectivity index (χ1) is 41.9. The largest absolute Gasteiger partial charge is 0.329 e. The zero-order valence-corrected chi connectivity index (χ0v) is 54.2. The van der Waals surface area contributed by atoms with E-state index >= 15 is 0 Å². The first kappa shape index (κ1) is 65.9. The summed E-state index contributed by atoms with van der Waals surface area (Å²) in [5.41, 5.74) is 11.7. The summed E-state index contributed by atoms with van der Waals surface area (Å²) in [6.45, 7) is 41.4. The van der Waals surface area contributed by atoms with E-state index in [1.165, 1.54) is 33.1 Å². The van der Waals surface area contributed by atoms with E-state index in [4.69, 9.17) is 0 Å². The number of nitrogens with one attached hydrogen (secondary N) is 4. The zero-order chi connectivity index (χ0) is 66.0. The minimum Gasteiger partial charge on any atom is -0.329 e. The molecule has 0 saturated carbocycles. The Morgan fingerprint density at radius 2 is 0.600 bits per heavy atom. The molecule has 0 bridgehead atoms. The Morgan fingerprint density at radius 1 is 0.356 bits per heavy atom. The molecule has 12 rings (SSSR count). The van der Waals surface area contributed by atoms with E-state index in [2.05, 4.69) is 101 Å². The Labute approximate surface area is 527 Å². The predicted octanol–water partition coefficient (Wildman–Crippen LogP) is 11.2. The van der Waals surface area contributed by atoms with Gasteiger partial charge in [0.1, 0.15) is 35.8 Å². The molecule has 8 aliphatic heterocycles. The molecule has 4 saturated heterocycles. The van der Waals surface area contributed by atoms with Gasteiger partial charge < -0.3 is 40.9 Å². The Morgan fingerprint density at radius 3 is 0.833 bits per heavy atom. The van der Waals surface area contributed by atoms with Gasteiger partial charge in [0, 0.05) is 71.2 Å². The summed E-state index contributed by atoms with van der Waals surface area (Å²) in [5.74, 6) is -2.01. The van der Waals surface area contributed by atoms with Crippen LogP contribution in [0.15, 0.2) is 110 Å². The van der Waals surface area contributed by atoms with Gasteiger partial charge in [-0.05, 0) is 154 Å². The lowest BCUT2D eigenvalue weighted by Crippen LogP contribution is -2.49. The van der Waals surface area contributed by atoms with Crippen LogP contribution in [0.25, 0.3) is 0 Å². The number of amides is 8. The number of nitrogens with zero attached hydrogens (tertiary/aromatic N) is 4. The lowest BCUT2D eigenvalue weighted by molar-refractivity contribution is -0.127. The molecule has 4 atom stereocenters. The SMILES string of the molecule is C=C1CCC(N2Cc3cc(C(C)(C)C)c(F)cc3C2=O)C(=O)N1.C=C1CCC(N2Cc3cc(C(C)(C)C)ccc3C2=O)C(=O)N1.C=C1CC[C@H](N2Cc3cc(C(C)(C)C)c(F)cc3C2=O)C(=O)N1.C=C1CC[C@H](N2Cc3cc(C(C)(C)C)ccc3C2=O)C(=O)N1. The third-order valence-corrected chi connectivity index (χ3v) is 18.1. The van der Waals surface area contributed by atoms with E-state index < -0.39 is 12.1 Å². The Kier molecular flexibility index (Phi) is 18.1. The van der Waals surface area contributed by atoms with Gasteiger partial charge in [-0.1, -0.05) is 134 Å². The van der Waals surface area contributed by atoms with Crippen LogP contribution in [0.2, 0.25) is 0 Å². The van der Waals surface area contributed by atoms with E-state index in [0.717, 1.165) is 57.6 Å². The van der Waals surface area contributed by atoms with Crippen molar-refractivity contribution < 1.29 is 47.1 Å². The molecule has 8 heterocycles. The summed E-state index contributed by atoms with van der Waals surface area (Å²) in [5, 5.41) is 10.9. The van der Waals surface area contributed by atoms with Crippen molar-refractivity contribution >= 4 is 47.3 Å². The molecule has 476 valence electrons. The molecule has 18 heteroatoms. The number of halogens is 2. The third kappa shape index (κ3) is 13.6. The van der Waals surface area contributed by atoms with Gasteiger partial charge >= 0.3 is 0 Å². The molecule has 0 spiro atoms. The summed E-state index contributed by atoms with van der Waals surface area (Å²) >= 11 is 0. The highest BCUT2D eigenvalue weighted by atomic mass is 19.1. The molecule has 4 aromatic carbocycles. The molecule has 16 nitrogen and oxygen atoms in total. The number of hydrogen-bond donors (Lipinski definition) is 4. The van der Waals surface area contributed by atoms with E-state index in [-0.39, 0.29) is 92.6 Å². The summed E-state index contributed by atoms with van der Waals surface area (Å²) < 4.78 is 28.7. The van der Waals surface area contributed by atoms with Crippen molar-refractivity contribution in [1.29, 1.82) is 0 Å². The highest BCUT2D eigenvalue weighted by molar-refractivity contribution is 6.04. The van der Waals surface area contributed by atoms with Crippen LogP contribution < -0.4 is 21.3 Å². The number of rotatable bonds is 4. The lowest BCUT2D eigenvalue weighted by Gasteiger charge is -2.30. The van der Waals surface area contributed by atoms with Crippen molar-refractivity contribution in [2.75, 3.05) is 0 Å². The van der Waals surface area contributed by atoms with Crippen LogP contribution in [0.1, 0.15) is 220 Å². The summed E-state index contributed by atoms with van der Waals surface area (Å²) in [7, 11) is 0. The Balaban J connectivity index is 0.000000142. The molecule has 8 aliphatic rings. The minimum absolute atomic E-state index is 0.0388. The van der Waals surface area contributed by atoms with Crippen LogP contribution in [-0.2, 0) is 67.0 Å². The fourth-order valence-electron chi connectivity index (χ4n) is 12.7. The maximum absolute atomic E-state index is 14.3. The fourth-order valence-corrected chi connectivity index (χ4v) is 12.7. The average Bonchev–Trinajstić information content (AvgIpc) is 1.79. The summed E-state index contributed by atoms with van der Waals surface area (Å²) in [6.07, 6.45) is 5.16. The van der Waals surface area contributed by atoms with Crippen LogP contribution in [-0.4, -0.2) is 91.0 Å². The summed E-state index contributed by atoms with van der Waals surface area (Å²) in [4.78, 5) is 105. The lowest BCUT2D eigenvalue weighted by atomic mass is 9.85. The van der Waals surface area contributed by atoms with Crippen LogP contribution in [0.4, 0.5) is 8.78 Å². The van der Waals surface area contributed by atoms with Crippen LogP contribution in [0, 0.1) is 11.6 Å². The zero-order valence-electron chi connectivity index (χ0n) is 54.2. The predicted molar refractivity (Wildman–Crippen MR) is 341 cm³/mol. The first-order valence-corrected chi connectivity index (χ1v) is 31.0. The van der Waals surface area contributed by atoms with Gasteiger partial charge in [0.05, 0.1) is 0 Å². The molecule has 0 aliphatic carbocycles. The second-order valence-electron chi connectivity index (χ2n) is 29.0. The van der Waals surface area contributed by atoms with E-state index in [1.54, 1.807) is 21.9 Å². The fraction of sp³-hybridized carbons (Fsp3) is 0.444. The number of carbonyl (C=O) groups excluding carboxylic acids is 8. The monoisotopic (exact) mass is 1230 g/mol. The second kappa shape index (κ2) is 24.7. The normalized spacial score (nSPS) is 21.7. The van der Waals surface area contributed by atoms with Gasteiger partial charge in [-0.2, -0.15) is 0 Å². The maximum Gasteiger partial charge on any atom is 0.255 e. The number of carbonyl (C=O) groups is 8. The summed E-state index contributed by atoms with van der Waals surface area (Å²) in [6, 6.07) is 16.4.